The highest BCUT2D eigenvalue weighted by Gasteiger charge is 2.40. The Kier molecular flexibility index (Phi) is 4.17. The molecule has 1 aromatic carbocycles. The van der Waals surface area contributed by atoms with Crippen molar-refractivity contribution in [2.24, 2.45) is 0 Å². The third-order valence-electron chi connectivity index (χ3n) is 3.41. The van der Waals surface area contributed by atoms with Crippen molar-refractivity contribution < 1.29 is 9.53 Å². The molecule has 0 bridgehead atoms. The Balaban J connectivity index is 2.31. The first-order valence-corrected chi connectivity index (χ1v) is 7.94. The van der Waals surface area contributed by atoms with Gasteiger partial charge < -0.3 is 9.64 Å². The number of halogens is 1. The van der Waals surface area contributed by atoms with Gasteiger partial charge in [0.2, 0.25) is 0 Å². The number of carbonyl (C=O) groups excluding carboxylic acids is 1. The molecular weight excluding hydrogens is 365 g/mol. The summed E-state index contributed by atoms with van der Waals surface area (Å²) in [7, 11) is 0. The second-order valence-electron chi connectivity index (χ2n) is 6.72. The Hall–Kier alpha value is -0.620. The third-order valence-corrected chi connectivity index (χ3v) is 4.84. The van der Waals surface area contributed by atoms with Crippen LogP contribution in [0.5, 0.6) is 0 Å². The largest absolute Gasteiger partial charge is 0.366 e. The highest BCUT2D eigenvalue weighted by Crippen LogP contribution is 2.29. The third kappa shape index (κ3) is 3.34. The zero-order chi connectivity index (χ0) is 15.1. The topological polar surface area (TPSA) is 29.5 Å². The van der Waals surface area contributed by atoms with Crippen LogP contribution in [0, 0.1) is 10.5 Å². The molecule has 0 aromatic heterocycles. The Morgan fingerprint density at radius 3 is 2.30 bits per heavy atom. The van der Waals surface area contributed by atoms with Crippen LogP contribution in [0.4, 0.5) is 0 Å². The lowest BCUT2D eigenvalue weighted by molar-refractivity contribution is -0.171. The van der Waals surface area contributed by atoms with Crippen molar-refractivity contribution in [2.45, 2.75) is 45.8 Å². The molecule has 1 saturated heterocycles. The fraction of sp³-hybridized carbons (Fsp3) is 0.562. The van der Waals surface area contributed by atoms with Crippen LogP contribution >= 0.6 is 22.6 Å². The Morgan fingerprint density at radius 2 is 1.75 bits per heavy atom. The van der Waals surface area contributed by atoms with Crippen LogP contribution in [-0.4, -0.2) is 35.1 Å². The van der Waals surface area contributed by atoms with Crippen LogP contribution in [0.2, 0.25) is 0 Å². The first-order valence-electron chi connectivity index (χ1n) is 6.86. The van der Waals surface area contributed by atoms with Crippen molar-refractivity contribution in [3.8, 4) is 0 Å². The Morgan fingerprint density at radius 1 is 1.20 bits per heavy atom. The number of ether oxygens (including phenoxy) is 1. The molecule has 2 rings (SSSR count). The van der Waals surface area contributed by atoms with E-state index in [1.54, 1.807) is 0 Å². The molecule has 1 aromatic rings. The van der Waals surface area contributed by atoms with Gasteiger partial charge >= 0.3 is 0 Å². The number of aryl methyl sites for hydroxylation is 1. The van der Waals surface area contributed by atoms with Crippen molar-refractivity contribution in [2.75, 3.05) is 13.1 Å². The lowest BCUT2D eigenvalue weighted by atomic mass is 9.98. The summed E-state index contributed by atoms with van der Waals surface area (Å²) in [5, 5.41) is 0. The molecule has 0 N–H and O–H groups in total. The number of benzene rings is 1. The van der Waals surface area contributed by atoms with Crippen LogP contribution in [0.3, 0.4) is 0 Å². The van der Waals surface area contributed by atoms with Crippen molar-refractivity contribution in [1.82, 2.24) is 4.90 Å². The highest BCUT2D eigenvalue weighted by molar-refractivity contribution is 14.1. The summed E-state index contributed by atoms with van der Waals surface area (Å²) in [5.41, 5.74) is 1.31. The quantitative estimate of drug-likeness (QED) is 0.689. The molecular formula is C16H22INO2. The first kappa shape index (κ1) is 15.8. The minimum absolute atomic E-state index is 0.0996. The molecule has 0 unspecified atom stereocenters. The summed E-state index contributed by atoms with van der Waals surface area (Å²) in [4.78, 5) is 14.7. The van der Waals surface area contributed by atoms with E-state index < -0.39 is 0 Å². The normalized spacial score (nSPS) is 20.8. The van der Waals surface area contributed by atoms with Gasteiger partial charge in [-0.2, -0.15) is 0 Å². The monoisotopic (exact) mass is 387 g/mol. The number of amides is 1. The molecule has 0 saturated carbocycles. The van der Waals surface area contributed by atoms with E-state index in [1.807, 2.05) is 57.7 Å². The molecule has 1 heterocycles. The SMILES string of the molecule is Cc1cccc(C(=O)N2CC(C)(C)OC(C)(C)C2)c1I. The van der Waals surface area contributed by atoms with Crippen LogP contribution in [-0.2, 0) is 4.74 Å². The summed E-state index contributed by atoms with van der Waals surface area (Å²) in [5.74, 6) is 0.0996. The van der Waals surface area contributed by atoms with Gasteiger partial charge in [-0.1, -0.05) is 12.1 Å². The molecule has 0 atom stereocenters. The number of morpholine rings is 1. The molecule has 1 aliphatic rings. The standard InChI is InChI=1S/C16H22INO2/c1-11-7-6-8-12(13(11)17)14(19)18-9-15(2,3)20-16(4,5)10-18/h6-8H,9-10H2,1-5H3. The van der Waals surface area contributed by atoms with E-state index in [0.29, 0.717) is 13.1 Å². The number of rotatable bonds is 1. The fourth-order valence-electron chi connectivity index (χ4n) is 2.91. The van der Waals surface area contributed by atoms with E-state index >= 15 is 0 Å². The van der Waals surface area contributed by atoms with E-state index in [-0.39, 0.29) is 17.1 Å². The maximum Gasteiger partial charge on any atom is 0.255 e. The molecule has 110 valence electrons. The predicted molar refractivity (Wildman–Crippen MR) is 89.0 cm³/mol. The molecule has 1 fully saturated rings. The van der Waals surface area contributed by atoms with Crippen molar-refractivity contribution in [1.29, 1.82) is 0 Å². The van der Waals surface area contributed by atoms with Gasteiger partial charge in [0.05, 0.1) is 16.8 Å². The number of hydrogen-bond donors (Lipinski definition) is 0. The summed E-state index contributed by atoms with van der Waals surface area (Å²) in [6.07, 6.45) is 0. The fourth-order valence-corrected chi connectivity index (χ4v) is 3.50. The molecule has 3 nitrogen and oxygen atoms in total. The van der Waals surface area contributed by atoms with Crippen molar-refractivity contribution in [3.05, 3.63) is 32.9 Å². The minimum Gasteiger partial charge on any atom is -0.366 e. The van der Waals surface area contributed by atoms with E-state index in [9.17, 15) is 4.79 Å². The van der Waals surface area contributed by atoms with E-state index in [0.717, 1.165) is 14.7 Å². The lowest BCUT2D eigenvalue weighted by Gasteiger charge is -2.47. The van der Waals surface area contributed by atoms with Crippen LogP contribution < -0.4 is 0 Å². The van der Waals surface area contributed by atoms with Gasteiger partial charge in [-0.25, -0.2) is 0 Å². The maximum absolute atomic E-state index is 12.8. The summed E-state index contributed by atoms with van der Waals surface area (Å²) in [6, 6.07) is 5.89. The average molecular weight is 387 g/mol. The molecule has 20 heavy (non-hydrogen) atoms. The molecule has 0 radical (unpaired) electrons. The number of nitrogens with zero attached hydrogens (tertiary/aromatic N) is 1. The van der Waals surface area contributed by atoms with E-state index in [1.165, 1.54) is 0 Å². The minimum atomic E-state index is -0.313. The molecule has 4 heteroatoms. The number of carbonyl (C=O) groups is 1. The second kappa shape index (κ2) is 5.30. The summed E-state index contributed by atoms with van der Waals surface area (Å²) in [6.45, 7) is 11.4. The summed E-state index contributed by atoms with van der Waals surface area (Å²) < 4.78 is 7.07. The smallest absolute Gasteiger partial charge is 0.255 e. The maximum atomic E-state index is 12.8. The zero-order valence-electron chi connectivity index (χ0n) is 12.8. The van der Waals surface area contributed by atoms with E-state index in [4.69, 9.17) is 4.74 Å². The second-order valence-corrected chi connectivity index (χ2v) is 7.80. The van der Waals surface area contributed by atoms with Crippen LogP contribution in [0.15, 0.2) is 18.2 Å². The van der Waals surface area contributed by atoms with Gasteiger partial charge in [-0.3, -0.25) is 4.79 Å². The van der Waals surface area contributed by atoms with E-state index in [2.05, 4.69) is 22.6 Å². The van der Waals surface area contributed by atoms with Crippen LogP contribution in [0.1, 0.15) is 43.6 Å². The van der Waals surface area contributed by atoms with Crippen molar-refractivity contribution >= 4 is 28.5 Å². The van der Waals surface area contributed by atoms with Gasteiger partial charge in [-0.05, 0) is 68.8 Å². The average Bonchev–Trinajstić information content (AvgIpc) is 2.28. The van der Waals surface area contributed by atoms with Crippen LogP contribution in [0.25, 0.3) is 0 Å². The first-order chi connectivity index (χ1) is 9.11. The van der Waals surface area contributed by atoms with Gasteiger partial charge in [-0.15, -0.1) is 0 Å². The van der Waals surface area contributed by atoms with Gasteiger partial charge in [0.25, 0.3) is 5.91 Å². The lowest BCUT2D eigenvalue weighted by Crippen LogP contribution is -2.58. The van der Waals surface area contributed by atoms with Crippen molar-refractivity contribution in [3.63, 3.8) is 0 Å². The highest BCUT2D eigenvalue weighted by atomic mass is 127. The Bertz CT molecular complexity index is 521. The molecule has 0 spiro atoms. The zero-order valence-corrected chi connectivity index (χ0v) is 14.9. The van der Waals surface area contributed by atoms with Gasteiger partial charge in [0.15, 0.2) is 0 Å². The Labute approximate surface area is 134 Å². The summed E-state index contributed by atoms with van der Waals surface area (Å²) >= 11 is 2.26. The molecule has 1 aliphatic heterocycles. The molecule has 0 aliphatic carbocycles. The van der Waals surface area contributed by atoms with Gasteiger partial charge in [0, 0.05) is 16.7 Å². The molecule has 1 amide bonds. The predicted octanol–water partition coefficient (Wildman–Crippen LogP) is 3.63. The number of hydrogen-bond acceptors (Lipinski definition) is 2. The van der Waals surface area contributed by atoms with Gasteiger partial charge in [0.1, 0.15) is 0 Å².